The van der Waals surface area contributed by atoms with Crippen LogP contribution in [-0.4, -0.2) is 29.9 Å². The highest BCUT2D eigenvalue weighted by atomic mass is 16.2. The summed E-state index contributed by atoms with van der Waals surface area (Å²) in [5, 5.41) is 3.38. The molecule has 0 aromatic heterocycles. The third-order valence-electron chi connectivity index (χ3n) is 5.32. The Hall–Kier alpha value is -1.51. The van der Waals surface area contributed by atoms with Crippen molar-refractivity contribution in [1.29, 1.82) is 0 Å². The first kappa shape index (κ1) is 13.5. The minimum absolute atomic E-state index is 0.0584. The summed E-state index contributed by atoms with van der Waals surface area (Å²) in [6, 6.07) is 8.18. The van der Waals surface area contributed by atoms with Gasteiger partial charge in [-0.25, -0.2) is 0 Å². The van der Waals surface area contributed by atoms with Crippen molar-refractivity contribution in [3.05, 3.63) is 29.8 Å². The Morgan fingerprint density at radius 1 is 1.35 bits per heavy atom. The van der Waals surface area contributed by atoms with E-state index >= 15 is 0 Å². The Kier molecular flexibility index (Phi) is 3.45. The predicted octanol–water partition coefficient (Wildman–Crippen LogP) is 3.06. The van der Waals surface area contributed by atoms with Crippen molar-refractivity contribution in [1.82, 2.24) is 4.90 Å². The standard InChI is InChI=1S/C17H24N2O/c1-3-17(4-2)9-10-19(12-17)16(20)15-11-13-7-5-6-8-14(13)18-15/h5-8,15,18H,3-4,9-12H2,1-2H3. The first-order valence-corrected chi connectivity index (χ1v) is 7.81. The number of nitrogens with zero attached hydrogens (tertiary/aromatic N) is 1. The molecule has 1 aromatic rings. The Morgan fingerprint density at radius 2 is 2.10 bits per heavy atom. The SMILES string of the molecule is CCC1(CC)CCN(C(=O)C2Cc3ccccc3N2)C1. The zero-order valence-electron chi connectivity index (χ0n) is 12.5. The summed E-state index contributed by atoms with van der Waals surface area (Å²) in [4.78, 5) is 14.8. The van der Waals surface area contributed by atoms with Crippen LogP contribution in [0.15, 0.2) is 24.3 Å². The van der Waals surface area contributed by atoms with E-state index in [1.165, 1.54) is 18.4 Å². The molecule has 20 heavy (non-hydrogen) atoms. The predicted molar refractivity (Wildman–Crippen MR) is 81.8 cm³/mol. The molecule has 108 valence electrons. The topological polar surface area (TPSA) is 32.3 Å². The summed E-state index contributed by atoms with van der Waals surface area (Å²) < 4.78 is 0. The van der Waals surface area contributed by atoms with Gasteiger partial charge in [0.15, 0.2) is 0 Å². The summed E-state index contributed by atoms with van der Waals surface area (Å²) in [7, 11) is 0. The number of rotatable bonds is 3. The molecule has 3 nitrogen and oxygen atoms in total. The molecule has 0 radical (unpaired) electrons. The molecule has 1 fully saturated rings. The summed E-state index contributed by atoms with van der Waals surface area (Å²) in [5.74, 6) is 0.282. The maximum absolute atomic E-state index is 12.7. The fourth-order valence-electron chi connectivity index (χ4n) is 3.62. The third-order valence-corrected chi connectivity index (χ3v) is 5.32. The monoisotopic (exact) mass is 272 g/mol. The van der Waals surface area contributed by atoms with Gasteiger partial charge >= 0.3 is 0 Å². The van der Waals surface area contributed by atoms with E-state index in [0.717, 1.165) is 31.6 Å². The molecule has 1 aromatic carbocycles. The number of carbonyl (C=O) groups is 1. The van der Waals surface area contributed by atoms with Crippen LogP contribution in [-0.2, 0) is 11.2 Å². The van der Waals surface area contributed by atoms with Gasteiger partial charge in [0, 0.05) is 25.2 Å². The molecular weight excluding hydrogens is 248 g/mol. The van der Waals surface area contributed by atoms with Gasteiger partial charge in [-0.15, -0.1) is 0 Å². The molecule has 0 saturated carbocycles. The van der Waals surface area contributed by atoms with Crippen molar-refractivity contribution >= 4 is 11.6 Å². The van der Waals surface area contributed by atoms with E-state index in [9.17, 15) is 4.79 Å². The zero-order valence-corrected chi connectivity index (χ0v) is 12.5. The average Bonchev–Trinajstić information content (AvgIpc) is 3.11. The Balaban J connectivity index is 1.67. The average molecular weight is 272 g/mol. The number of benzene rings is 1. The Labute approximate surface area is 121 Å². The van der Waals surface area contributed by atoms with E-state index < -0.39 is 0 Å². The second-order valence-electron chi connectivity index (χ2n) is 6.28. The zero-order chi connectivity index (χ0) is 14.2. The van der Waals surface area contributed by atoms with Gasteiger partial charge in [-0.05, 0) is 36.3 Å². The molecule has 0 aliphatic carbocycles. The molecule has 2 aliphatic rings. The van der Waals surface area contributed by atoms with Gasteiger partial charge in [0.05, 0.1) is 0 Å². The lowest BCUT2D eigenvalue weighted by molar-refractivity contribution is -0.131. The number of nitrogens with one attached hydrogen (secondary N) is 1. The van der Waals surface area contributed by atoms with Crippen molar-refractivity contribution in [2.75, 3.05) is 18.4 Å². The van der Waals surface area contributed by atoms with Crippen molar-refractivity contribution in [3.63, 3.8) is 0 Å². The van der Waals surface area contributed by atoms with Crippen LogP contribution in [0, 0.1) is 5.41 Å². The van der Waals surface area contributed by atoms with Crippen molar-refractivity contribution in [2.45, 2.75) is 45.6 Å². The largest absolute Gasteiger partial charge is 0.373 e. The van der Waals surface area contributed by atoms with Crippen molar-refractivity contribution in [2.24, 2.45) is 5.41 Å². The first-order chi connectivity index (χ1) is 9.67. The summed E-state index contributed by atoms with van der Waals surface area (Å²) in [6.45, 7) is 6.37. The minimum atomic E-state index is -0.0584. The van der Waals surface area contributed by atoms with E-state index in [-0.39, 0.29) is 11.9 Å². The Bertz CT molecular complexity index is 482. The molecule has 1 saturated heterocycles. The quantitative estimate of drug-likeness (QED) is 0.917. The molecule has 0 bridgehead atoms. The van der Waals surface area contributed by atoms with Crippen LogP contribution in [0.4, 0.5) is 5.69 Å². The third kappa shape index (κ3) is 2.19. The van der Waals surface area contributed by atoms with Gasteiger partial charge in [0.25, 0.3) is 0 Å². The van der Waals surface area contributed by atoms with Crippen LogP contribution < -0.4 is 5.32 Å². The first-order valence-electron chi connectivity index (χ1n) is 7.81. The molecule has 3 rings (SSSR count). The smallest absolute Gasteiger partial charge is 0.245 e. The van der Waals surface area contributed by atoms with Gasteiger partial charge in [0.1, 0.15) is 6.04 Å². The lowest BCUT2D eigenvalue weighted by atomic mass is 9.82. The van der Waals surface area contributed by atoms with E-state index in [2.05, 4.69) is 36.2 Å². The van der Waals surface area contributed by atoms with Gasteiger partial charge in [-0.2, -0.15) is 0 Å². The molecule has 3 heteroatoms. The lowest BCUT2D eigenvalue weighted by Crippen LogP contribution is -2.41. The van der Waals surface area contributed by atoms with Gasteiger partial charge in [0.2, 0.25) is 5.91 Å². The van der Waals surface area contributed by atoms with Gasteiger partial charge in [-0.3, -0.25) is 4.79 Å². The second-order valence-corrected chi connectivity index (χ2v) is 6.28. The number of carbonyl (C=O) groups excluding carboxylic acids is 1. The fraction of sp³-hybridized carbons (Fsp3) is 0.588. The van der Waals surface area contributed by atoms with E-state index in [1.807, 2.05) is 12.1 Å². The van der Waals surface area contributed by atoms with Crippen LogP contribution in [0.25, 0.3) is 0 Å². The lowest BCUT2D eigenvalue weighted by Gasteiger charge is -2.27. The maximum Gasteiger partial charge on any atom is 0.245 e. The van der Waals surface area contributed by atoms with E-state index in [0.29, 0.717) is 5.41 Å². The number of amides is 1. The Morgan fingerprint density at radius 3 is 2.75 bits per heavy atom. The number of para-hydroxylation sites is 1. The fourth-order valence-corrected chi connectivity index (χ4v) is 3.62. The number of anilines is 1. The normalized spacial score (nSPS) is 23.5. The van der Waals surface area contributed by atoms with E-state index in [1.54, 1.807) is 0 Å². The van der Waals surface area contributed by atoms with Crippen molar-refractivity contribution in [3.8, 4) is 0 Å². The van der Waals surface area contributed by atoms with Crippen LogP contribution in [0.1, 0.15) is 38.7 Å². The second kappa shape index (κ2) is 5.12. The molecule has 0 spiro atoms. The molecule has 1 atom stereocenters. The molecule has 1 N–H and O–H groups in total. The van der Waals surface area contributed by atoms with Crippen LogP contribution in [0.3, 0.4) is 0 Å². The number of fused-ring (bicyclic) bond motifs is 1. The molecule has 2 heterocycles. The molecule has 1 unspecified atom stereocenters. The maximum atomic E-state index is 12.7. The number of hydrogen-bond acceptors (Lipinski definition) is 2. The number of likely N-dealkylation sites (tertiary alicyclic amines) is 1. The minimum Gasteiger partial charge on any atom is -0.373 e. The van der Waals surface area contributed by atoms with Crippen molar-refractivity contribution < 1.29 is 4.79 Å². The van der Waals surface area contributed by atoms with Gasteiger partial charge in [-0.1, -0.05) is 32.0 Å². The van der Waals surface area contributed by atoms with Crippen LogP contribution in [0.2, 0.25) is 0 Å². The number of hydrogen-bond donors (Lipinski definition) is 1. The highest BCUT2D eigenvalue weighted by molar-refractivity contribution is 5.87. The van der Waals surface area contributed by atoms with Crippen LogP contribution >= 0.6 is 0 Å². The summed E-state index contributed by atoms with van der Waals surface area (Å²) >= 11 is 0. The highest BCUT2D eigenvalue weighted by Gasteiger charge is 2.39. The summed E-state index contributed by atoms with van der Waals surface area (Å²) in [5.41, 5.74) is 2.76. The van der Waals surface area contributed by atoms with E-state index in [4.69, 9.17) is 0 Å². The summed E-state index contributed by atoms with van der Waals surface area (Å²) in [6.07, 6.45) is 4.33. The highest BCUT2D eigenvalue weighted by Crippen LogP contribution is 2.38. The van der Waals surface area contributed by atoms with Crippen LogP contribution in [0.5, 0.6) is 0 Å². The molecular formula is C17H24N2O. The molecule has 2 aliphatic heterocycles. The van der Waals surface area contributed by atoms with Gasteiger partial charge < -0.3 is 10.2 Å². The molecule has 1 amide bonds.